The van der Waals surface area contributed by atoms with E-state index in [-0.39, 0.29) is 23.6 Å². The highest BCUT2D eigenvalue weighted by atomic mass is 19.1. The molecule has 0 aliphatic carbocycles. The molecule has 0 bridgehead atoms. The molecule has 37 heavy (non-hydrogen) atoms. The van der Waals surface area contributed by atoms with Crippen molar-refractivity contribution in [3.05, 3.63) is 96.2 Å². The van der Waals surface area contributed by atoms with Crippen LogP contribution in [0.25, 0.3) is 22.0 Å². The van der Waals surface area contributed by atoms with Crippen molar-refractivity contribution in [1.82, 2.24) is 15.2 Å². The Morgan fingerprint density at radius 2 is 1.84 bits per heavy atom. The number of pyridine rings is 1. The third kappa shape index (κ3) is 5.60. The van der Waals surface area contributed by atoms with Gasteiger partial charge in [-0.2, -0.15) is 0 Å². The number of fused-ring (bicyclic) bond motifs is 1. The number of halogens is 2. The van der Waals surface area contributed by atoms with Gasteiger partial charge in [0.05, 0.1) is 24.0 Å². The van der Waals surface area contributed by atoms with Crippen LogP contribution in [0.1, 0.15) is 11.5 Å². The van der Waals surface area contributed by atoms with Crippen LogP contribution in [-0.2, 0) is 4.74 Å². The number of methoxy groups -OCH3 is 1. The molecule has 1 aliphatic rings. The fourth-order valence-electron chi connectivity index (χ4n) is 4.96. The van der Waals surface area contributed by atoms with Gasteiger partial charge in [-0.05, 0) is 35.9 Å². The number of ether oxygens (including phenoxy) is 1. The van der Waals surface area contributed by atoms with Crippen LogP contribution in [0.3, 0.4) is 0 Å². The zero-order chi connectivity index (χ0) is 25.8. The number of rotatable bonds is 7. The van der Waals surface area contributed by atoms with Gasteiger partial charge in [0.2, 0.25) is 0 Å². The van der Waals surface area contributed by atoms with Crippen LogP contribution in [0, 0.1) is 11.6 Å². The molecule has 5 rings (SSSR count). The minimum Gasteiger partial charge on any atom is -0.383 e. The molecule has 2 atom stereocenters. The number of nitrogens with zero attached hydrogens (tertiary/aromatic N) is 2. The first-order valence-electron chi connectivity index (χ1n) is 12.2. The van der Waals surface area contributed by atoms with E-state index < -0.39 is 6.03 Å². The van der Waals surface area contributed by atoms with Gasteiger partial charge in [0.25, 0.3) is 0 Å². The molecule has 3 aromatic carbocycles. The number of urea groups is 1. The average molecular weight is 503 g/mol. The number of aromatic nitrogens is 1. The highest BCUT2D eigenvalue weighted by Crippen LogP contribution is 2.34. The highest BCUT2D eigenvalue weighted by molar-refractivity contribution is 6.06. The van der Waals surface area contributed by atoms with E-state index in [0.29, 0.717) is 48.4 Å². The molecule has 1 aromatic heterocycles. The highest BCUT2D eigenvalue weighted by Gasteiger charge is 2.35. The molecular weight excluding hydrogens is 474 g/mol. The van der Waals surface area contributed by atoms with E-state index in [1.54, 1.807) is 25.4 Å². The van der Waals surface area contributed by atoms with Crippen LogP contribution in [-0.4, -0.2) is 55.3 Å². The van der Waals surface area contributed by atoms with Crippen molar-refractivity contribution in [1.29, 1.82) is 0 Å². The van der Waals surface area contributed by atoms with Crippen LogP contribution in [0.5, 0.6) is 0 Å². The summed E-state index contributed by atoms with van der Waals surface area (Å²) in [5.74, 6) is -0.776. The molecule has 190 valence electrons. The third-order valence-corrected chi connectivity index (χ3v) is 6.74. The lowest BCUT2D eigenvalue weighted by molar-refractivity contribution is 0.159. The smallest absolute Gasteiger partial charge is 0.319 e. The van der Waals surface area contributed by atoms with Crippen molar-refractivity contribution < 1.29 is 18.3 Å². The van der Waals surface area contributed by atoms with Crippen molar-refractivity contribution in [2.75, 3.05) is 38.7 Å². The maximum atomic E-state index is 14.0. The van der Waals surface area contributed by atoms with Crippen molar-refractivity contribution in [2.24, 2.45) is 0 Å². The molecule has 0 saturated carbocycles. The SMILES string of the molecule is COCCN1C[C@@H](NC(=O)Nc2c(-c3ccccc3)ncc3cc(F)ccc23)[C@H](c2cccc(F)c2)C1. The van der Waals surface area contributed by atoms with Gasteiger partial charge in [0.15, 0.2) is 0 Å². The molecule has 4 aromatic rings. The standard InChI is InChI=1S/C29H28F2N4O2/c1-37-13-12-35-17-25(20-8-5-9-22(30)14-20)26(18-35)33-29(36)34-28-24-11-10-23(31)15-21(24)16-32-27(28)19-6-3-2-4-7-19/h2-11,14-16,25-26H,12-13,17-18H2,1H3,(H2,33,34,36)/t25-,26+/m0/s1. The number of benzene rings is 3. The number of carbonyl (C=O) groups excluding carboxylic acids is 1. The molecule has 0 spiro atoms. The number of carbonyl (C=O) groups is 1. The van der Waals surface area contributed by atoms with Gasteiger partial charge in [-0.25, -0.2) is 13.6 Å². The predicted molar refractivity (Wildman–Crippen MR) is 141 cm³/mol. The van der Waals surface area contributed by atoms with E-state index in [4.69, 9.17) is 4.74 Å². The Labute approximate surface area is 214 Å². The molecule has 8 heteroatoms. The van der Waals surface area contributed by atoms with E-state index in [0.717, 1.165) is 11.1 Å². The van der Waals surface area contributed by atoms with Crippen LogP contribution in [0.15, 0.2) is 79.0 Å². The van der Waals surface area contributed by atoms with Crippen molar-refractivity contribution in [2.45, 2.75) is 12.0 Å². The molecule has 0 unspecified atom stereocenters. The molecule has 0 radical (unpaired) electrons. The van der Waals surface area contributed by atoms with Crippen LogP contribution in [0.2, 0.25) is 0 Å². The lowest BCUT2D eigenvalue weighted by Gasteiger charge is -2.21. The fraction of sp³-hybridized carbons (Fsp3) is 0.241. The molecule has 1 saturated heterocycles. The summed E-state index contributed by atoms with van der Waals surface area (Å²) < 4.78 is 33.2. The number of amides is 2. The first-order chi connectivity index (χ1) is 18.0. The van der Waals surface area contributed by atoms with E-state index in [1.807, 2.05) is 36.4 Å². The summed E-state index contributed by atoms with van der Waals surface area (Å²) in [6, 6.07) is 19.8. The van der Waals surface area contributed by atoms with Gasteiger partial charge in [-0.15, -0.1) is 0 Å². The quantitative estimate of drug-likeness (QED) is 0.354. The van der Waals surface area contributed by atoms with Gasteiger partial charge in [-0.1, -0.05) is 42.5 Å². The topological polar surface area (TPSA) is 66.5 Å². The molecule has 2 heterocycles. The summed E-state index contributed by atoms with van der Waals surface area (Å²) in [4.78, 5) is 20.1. The second-order valence-electron chi connectivity index (χ2n) is 9.20. The van der Waals surface area contributed by atoms with Crippen molar-refractivity contribution in [3.63, 3.8) is 0 Å². The molecule has 2 amide bonds. The van der Waals surface area contributed by atoms with Crippen LogP contribution >= 0.6 is 0 Å². The first-order valence-corrected chi connectivity index (χ1v) is 12.2. The number of anilines is 1. The molecule has 2 N–H and O–H groups in total. The number of hydrogen-bond donors (Lipinski definition) is 2. The van der Waals surface area contributed by atoms with Gasteiger partial charge < -0.3 is 15.4 Å². The number of hydrogen-bond acceptors (Lipinski definition) is 4. The minimum absolute atomic E-state index is 0.0911. The number of likely N-dealkylation sites (tertiary alicyclic amines) is 1. The lowest BCUT2D eigenvalue weighted by atomic mass is 9.94. The van der Waals surface area contributed by atoms with Crippen LogP contribution in [0.4, 0.5) is 19.3 Å². The summed E-state index contributed by atoms with van der Waals surface area (Å²) in [6.45, 7) is 2.54. The largest absolute Gasteiger partial charge is 0.383 e. The number of nitrogens with one attached hydrogen (secondary N) is 2. The summed E-state index contributed by atoms with van der Waals surface area (Å²) in [5, 5.41) is 7.35. The Morgan fingerprint density at radius 1 is 1.03 bits per heavy atom. The Balaban J connectivity index is 1.44. The Kier molecular flexibility index (Phi) is 7.39. The first kappa shape index (κ1) is 24.8. The summed E-state index contributed by atoms with van der Waals surface area (Å²) in [6.07, 6.45) is 1.61. The average Bonchev–Trinajstić information content (AvgIpc) is 3.30. The molecule has 1 aliphatic heterocycles. The second kappa shape index (κ2) is 11.0. The van der Waals surface area contributed by atoms with E-state index in [2.05, 4.69) is 20.5 Å². The second-order valence-corrected chi connectivity index (χ2v) is 9.20. The zero-order valence-electron chi connectivity index (χ0n) is 20.5. The maximum Gasteiger partial charge on any atom is 0.319 e. The van der Waals surface area contributed by atoms with Crippen molar-refractivity contribution in [3.8, 4) is 11.3 Å². The lowest BCUT2D eigenvalue weighted by Crippen LogP contribution is -2.42. The van der Waals surface area contributed by atoms with E-state index in [9.17, 15) is 13.6 Å². The van der Waals surface area contributed by atoms with Crippen LogP contribution < -0.4 is 10.6 Å². The van der Waals surface area contributed by atoms with Crippen molar-refractivity contribution >= 4 is 22.5 Å². The Hall–Kier alpha value is -3.88. The normalized spacial score (nSPS) is 17.7. The molecular formula is C29H28F2N4O2. The minimum atomic E-state index is -0.407. The fourth-order valence-corrected chi connectivity index (χ4v) is 4.96. The third-order valence-electron chi connectivity index (χ3n) is 6.74. The van der Waals surface area contributed by atoms with E-state index in [1.165, 1.54) is 24.3 Å². The molecule has 6 nitrogen and oxygen atoms in total. The predicted octanol–water partition coefficient (Wildman–Crippen LogP) is 5.42. The summed E-state index contributed by atoms with van der Waals surface area (Å²) in [7, 11) is 1.65. The molecule has 1 fully saturated rings. The monoisotopic (exact) mass is 502 g/mol. The van der Waals surface area contributed by atoms with Gasteiger partial charge in [0.1, 0.15) is 11.6 Å². The maximum absolute atomic E-state index is 14.0. The zero-order valence-corrected chi connectivity index (χ0v) is 20.5. The van der Waals surface area contributed by atoms with Gasteiger partial charge >= 0.3 is 6.03 Å². The Morgan fingerprint density at radius 3 is 2.62 bits per heavy atom. The summed E-state index contributed by atoms with van der Waals surface area (Å²) >= 11 is 0. The summed E-state index contributed by atoms with van der Waals surface area (Å²) in [5.41, 5.74) is 2.74. The van der Waals surface area contributed by atoms with Gasteiger partial charge in [0, 0.05) is 55.2 Å². The Bertz CT molecular complexity index is 1400. The van der Waals surface area contributed by atoms with Gasteiger partial charge in [-0.3, -0.25) is 9.88 Å². The van der Waals surface area contributed by atoms with E-state index >= 15 is 0 Å².